The number of hydrogen-bond acceptors (Lipinski definition) is 2. The van der Waals surface area contributed by atoms with Crippen LogP contribution in [-0.4, -0.2) is 12.5 Å². The quantitative estimate of drug-likeness (QED) is 0.467. The number of carbonyl (C=O) groups is 1. The normalized spacial score (nSPS) is 10.7. The molecule has 0 radical (unpaired) electrons. The van der Waals surface area contributed by atoms with Gasteiger partial charge in [0, 0.05) is 6.42 Å². The molecule has 0 aromatic rings. The molecule has 0 saturated carbocycles. The molecule has 0 bridgehead atoms. The molecule has 0 aliphatic carbocycles. The van der Waals surface area contributed by atoms with Gasteiger partial charge in [-0.25, -0.2) is 0 Å². The highest BCUT2D eigenvalue weighted by molar-refractivity contribution is 5.73. The third-order valence-corrected chi connectivity index (χ3v) is 3.38. The maximum absolute atomic E-state index is 10.5. The van der Waals surface area contributed by atoms with Gasteiger partial charge in [0.15, 0.2) is 0 Å². The maximum Gasteiger partial charge on any atom is 0.217 e. The summed E-state index contributed by atoms with van der Waals surface area (Å²) in [4.78, 5) is 10.5. The molecule has 0 aliphatic rings. The molecule has 1 amide bonds. The Morgan fingerprint density at radius 2 is 0.944 bits per heavy atom. The van der Waals surface area contributed by atoms with Crippen LogP contribution in [0.5, 0.6) is 0 Å². The maximum atomic E-state index is 10.5. The first-order valence-electron chi connectivity index (χ1n) is 7.75. The van der Waals surface area contributed by atoms with Gasteiger partial charge in [-0.15, -0.1) is 0 Å². The number of amides is 1. The Morgan fingerprint density at radius 1 is 0.611 bits per heavy atom. The second-order valence-corrected chi connectivity index (χ2v) is 5.25. The van der Waals surface area contributed by atoms with Gasteiger partial charge in [-0.1, -0.05) is 64.2 Å². The monoisotopic (exact) mass is 256 g/mol. The Hall–Kier alpha value is -0.570. The zero-order valence-corrected chi connectivity index (χ0v) is 12.0. The van der Waals surface area contributed by atoms with Gasteiger partial charge in [-0.2, -0.15) is 0 Å². The van der Waals surface area contributed by atoms with Crippen molar-refractivity contribution in [2.75, 3.05) is 6.54 Å². The number of rotatable bonds is 14. The summed E-state index contributed by atoms with van der Waals surface area (Å²) in [7, 11) is 0. The van der Waals surface area contributed by atoms with Crippen LogP contribution in [0, 0.1) is 0 Å². The van der Waals surface area contributed by atoms with Gasteiger partial charge in [0.2, 0.25) is 5.91 Å². The van der Waals surface area contributed by atoms with E-state index >= 15 is 0 Å². The lowest BCUT2D eigenvalue weighted by molar-refractivity contribution is -0.118. The van der Waals surface area contributed by atoms with Crippen molar-refractivity contribution in [2.24, 2.45) is 11.5 Å². The molecule has 0 rings (SSSR count). The average molecular weight is 256 g/mol. The molecule has 18 heavy (non-hydrogen) atoms. The van der Waals surface area contributed by atoms with Crippen molar-refractivity contribution in [2.45, 2.75) is 83.5 Å². The Bertz CT molecular complexity index is 183. The summed E-state index contributed by atoms with van der Waals surface area (Å²) in [5.41, 5.74) is 10.5. The van der Waals surface area contributed by atoms with E-state index < -0.39 is 0 Å². The Morgan fingerprint density at radius 3 is 1.28 bits per heavy atom. The SMILES string of the molecule is NCCCCCCCCCCCCCCC(N)=O. The predicted octanol–water partition coefficient (Wildman–Crippen LogP) is 3.50. The molecule has 0 aromatic heterocycles. The van der Waals surface area contributed by atoms with E-state index in [1.165, 1.54) is 64.2 Å². The van der Waals surface area contributed by atoms with Crippen LogP contribution in [0.4, 0.5) is 0 Å². The highest BCUT2D eigenvalue weighted by Gasteiger charge is 1.95. The fourth-order valence-corrected chi connectivity index (χ4v) is 2.21. The van der Waals surface area contributed by atoms with Crippen LogP contribution in [-0.2, 0) is 4.79 Å². The molecular weight excluding hydrogens is 224 g/mol. The molecule has 0 aliphatic heterocycles. The van der Waals surface area contributed by atoms with E-state index in [9.17, 15) is 4.79 Å². The summed E-state index contributed by atoms with van der Waals surface area (Å²) in [6.45, 7) is 0.843. The van der Waals surface area contributed by atoms with Crippen molar-refractivity contribution >= 4 is 5.91 Å². The third-order valence-electron chi connectivity index (χ3n) is 3.38. The minimum atomic E-state index is -0.162. The predicted molar refractivity (Wildman–Crippen MR) is 78.3 cm³/mol. The standard InChI is InChI=1S/C15H32N2O/c16-14-12-10-8-6-4-2-1-3-5-7-9-11-13-15(17)18/h1-14,16H2,(H2,17,18). The van der Waals surface area contributed by atoms with Gasteiger partial charge in [0.05, 0.1) is 0 Å². The fraction of sp³-hybridized carbons (Fsp3) is 0.933. The topological polar surface area (TPSA) is 69.1 Å². The van der Waals surface area contributed by atoms with Gasteiger partial charge in [0.1, 0.15) is 0 Å². The minimum Gasteiger partial charge on any atom is -0.370 e. The smallest absolute Gasteiger partial charge is 0.217 e. The number of primary amides is 1. The van der Waals surface area contributed by atoms with Crippen molar-refractivity contribution in [1.29, 1.82) is 0 Å². The van der Waals surface area contributed by atoms with Crippen LogP contribution in [0.15, 0.2) is 0 Å². The molecule has 0 saturated heterocycles. The summed E-state index contributed by atoms with van der Waals surface area (Å²) >= 11 is 0. The van der Waals surface area contributed by atoms with Crippen molar-refractivity contribution in [3.8, 4) is 0 Å². The van der Waals surface area contributed by atoms with E-state index in [-0.39, 0.29) is 5.91 Å². The second kappa shape index (κ2) is 14.5. The number of hydrogen-bond donors (Lipinski definition) is 2. The lowest BCUT2D eigenvalue weighted by atomic mass is 10.0. The minimum absolute atomic E-state index is 0.162. The highest BCUT2D eigenvalue weighted by atomic mass is 16.1. The van der Waals surface area contributed by atoms with Crippen molar-refractivity contribution in [1.82, 2.24) is 0 Å². The van der Waals surface area contributed by atoms with Crippen molar-refractivity contribution in [3.05, 3.63) is 0 Å². The first kappa shape index (κ1) is 17.4. The van der Waals surface area contributed by atoms with E-state index in [1.807, 2.05) is 0 Å². The van der Waals surface area contributed by atoms with Crippen molar-refractivity contribution in [3.63, 3.8) is 0 Å². The van der Waals surface area contributed by atoms with Crippen LogP contribution >= 0.6 is 0 Å². The lowest BCUT2D eigenvalue weighted by Gasteiger charge is -2.02. The Balaban J connectivity index is 2.92. The Kier molecular flexibility index (Phi) is 14.0. The summed E-state index contributed by atoms with van der Waals surface area (Å²) in [6, 6.07) is 0. The third kappa shape index (κ3) is 15.4. The van der Waals surface area contributed by atoms with Gasteiger partial charge < -0.3 is 11.5 Å². The van der Waals surface area contributed by atoms with Crippen LogP contribution in [0.2, 0.25) is 0 Å². The zero-order valence-electron chi connectivity index (χ0n) is 12.0. The van der Waals surface area contributed by atoms with Crippen LogP contribution in [0.25, 0.3) is 0 Å². The highest BCUT2D eigenvalue weighted by Crippen LogP contribution is 2.12. The van der Waals surface area contributed by atoms with Gasteiger partial charge in [-0.05, 0) is 19.4 Å². The molecule has 0 fully saturated rings. The van der Waals surface area contributed by atoms with E-state index in [0.717, 1.165) is 19.4 Å². The van der Waals surface area contributed by atoms with E-state index in [0.29, 0.717) is 6.42 Å². The molecule has 0 heterocycles. The summed E-state index contributed by atoms with van der Waals surface area (Å²) in [6.07, 6.45) is 15.9. The largest absolute Gasteiger partial charge is 0.370 e. The molecule has 0 atom stereocenters. The molecule has 3 heteroatoms. The fourth-order valence-electron chi connectivity index (χ4n) is 2.21. The van der Waals surface area contributed by atoms with Crippen molar-refractivity contribution < 1.29 is 4.79 Å². The molecule has 3 nitrogen and oxygen atoms in total. The molecule has 108 valence electrons. The summed E-state index contributed by atoms with van der Waals surface area (Å²) < 4.78 is 0. The first-order valence-corrected chi connectivity index (χ1v) is 7.75. The molecule has 0 spiro atoms. The van der Waals surface area contributed by atoms with Crippen LogP contribution < -0.4 is 11.5 Å². The molecule has 4 N–H and O–H groups in total. The Labute approximate surface area is 113 Å². The zero-order chi connectivity index (χ0) is 13.5. The van der Waals surface area contributed by atoms with Gasteiger partial charge >= 0.3 is 0 Å². The molecule has 0 aromatic carbocycles. The second-order valence-electron chi connectivity index (χ2n) is 5.25. The number of carbonyl (C=O) groups excluding carboxylic acids is 1. The van der Waals surface area contributed by atoms with Gasteiger partial charge in [0.25, 0.3) is 0 Å². The van der Waals surface area contributed by atoms with Crippen LogP contribution in [0.1, 0.15) is 83.5 Å². The molecule has 0 unspecified atom stereocenters. The van der Waals surface area contributed by atoms with E-state index in [4.69, 9.17) is 11.5 Å². The van der Waals surface area contributed by atoms with E-state index in [2.05, 4.69) is 0 Å². The number of nitrogens with two attached hydrogens (primary N) is 2. The van der Waals surface area contributed by atoms with E-state index in [1.54, 1.807) is 0 Å². The average Bonchev–Trinajstić information content (AvgIpc) is 2.34. The molecular formula is C15H32N2O. The summed E-state index contributed by atoms with van der Waals surface area (Å²) in [5.74, 6) is -0.162. The van der Waals surface area contributed by atoms with Crippen LogP contribution in [0.3, 0.4) is 0 Å². The number of unbranched alkanes of at least 4 members (excludes halogenated alkanes) is 11. The first-order chi connectivity index (χ1) is 8.77. The summed E-state index contributed by atoms with van der Waals surface area (Å²) in [5, 5.41) is 0. The van der Waals surface area contributed by atoms with Gasteiger partial charge in [-0.3, -0.25) is 4.79 Å². The lowest BCUT2D eigenvalue weighted by Crippen LogP contribution is -2.09.